The van der Waals surface area contributed by atoms with Crippen LogP contribution in [0.1, 0.15) is 18.4 Å². The van der Waals surface area contributed by atoms with Crippen molar-refractivity contribution in [3.05, 3.63) is 17.8 Å². The van der Waals surface area contributed by atoms with Crippen LogP contribution >= 0.6 is 11.8 Å². The van der Waals surface area contributed by atoms with Crippen LogP contribution in [0.25, 0.3) is 5.65 Å². The quantitative estimate of drug-likeness (QED) is 0.665. The number of nitriles is 1. The van der Waals surface area contributed by atoms with Gasteiger partial charge in [-0.2, -0.15) is 14.9 Å². The van der Waals surface area contributed by atoms with Gasteiger partial charge in [-0.1, -0.05) is 0 Å². The third-order valence-electron chi connectivity index (χ3n) is 3.38. The maximum Gasteiger partial charge on any atom is 0.159 e. The van der Waals surface area contributed by atoms with Crippen LogP contribution in [0.15, 0.2) is 17.3 Å². The van der Waals surface area contributed by atoms with Crippen molar-refractivity contribution in [1.82, 2.24) is 14.6 Å². The fourth-order valence-electron chi connectivity index (χ4n) is 2.34. The normalized spacial score (nSPS) is 15.8. The molecule has 1 N–H and O–H groups in total. The number of nitrogens with one attached hydrogen (secondary N) is 1. The van der Waals surface area contributed by atoms with Crippen LogP contribution in [-0.2, 0) is 9.47 Å². The summed E-state index contributed by atoms with van der Waals surface area (Å²) in [6, 6.07) is 4.04. The molecule has 0 saturated carbocycles. The van der Waals surface area contributed by atoms with E-state index in [0.717, 1.165) is 25.3 Å². The third kappa shape index (κ3) is 3.02. The highest BCUT2D eigenvalue weighted by Crippen LogP contribution is 2.25. The highest BCUT2D eigenvalue weighted by Gasteiger charge is 2.17. The van der Waals surface area contributed by atoms with E-state index in [1.54, 1.807) is 10.7 Å². The van der Waals surface area contributed by atoms with Crippen molar-refractivity contribution in [3.63, 3.8) is 0 Å². The van der Waals surface area contributed by atoms with E-state index in [9.17, 15) is 5.26 Å². The molecular formula is C14H17N5O2S. The molecule has 0 radical (unpaired) electrons. The van der Waals surface area contributed by atoms with E-state index in [1.165, 1.54) is 11.8 Å². The first kappa shape index (κ1) is 15.1. The molecule has 7 nitrogen and oxygen atoms in total. The van der Waals surface area contributed by atoms with Gasteiger partial charge >= 0.3 is 0 Å². The average Bonchev–Trinajstić information content (AvgIpc) is 3.03. The number of aromatic nitrogens is 3. The lowest BCUT2D eigenvalue weighted by Gasteiger charge is -2.23. The van der Waals surface area contributed by atoms with Gasteiger partial charge in [0.1, 0.15) is 16.7 Å². The average molecular weight is 319 g/mol. The molecule has 2 aromatic heterocycles. The monoisotopic (exact) mass is 319 g/mol. The molecule has 0 unspecified atom stereocenters. The lowest BCUT2D eigenvalue weighted by atomic mass is 10.3. The van der Waals surface area contributed by atoms with Crippen LogP contribution in [0, 0.1) is 11.3 Å². The van der Waals surface area contributed by atoms with Crippen molar-refractivity contribution in [3.8, 4) is 6.07 Å². The van der Waals surface area contributed by atoms with Gasteiger partial charge in [-0.3, -0.25) is 0 Å². The molecule has 3 heterocycles. The van der Waals surface area contributed by atoms with Gasteiger partial charge in [0.15, 0.2) is 17.8 Å². The number of hydrogen-bond acceptors (Lipinski definition) is 7. The first-order valence-electron chi connectivity index (χ1n) is 7.12. The minimum atomic E-state index is -0.179. The third-order valence-corrected chi connectivity index (χ3v) is 4.06. The molecule has 2 aromatic rings. The molecule has 0 bridgehead atoms. The Kier molecular flexibility index (Phi) is 4.77. The van der Waals surface area contributed by atoms with Crippen LogP contribution in [-0.4, -0.2) is 46.9 Å². The Hall–Kier alpha value is -1.82. The second kappa shape index (κ2) is 6.96. The van der Waals surface area contributed by atoms with Crippen molar-refractivity contribution in [2.45, 2.75) is 24.2 Å². The molecule has 0 atom stereocenters. The predicted molar refractivity (Wildman–Crippen MR) is 82.9 cm³/mol. The Morgan fingerprint density at radius 3 is 3.05 bits per heavy atom. The van der Waals surface area contributed by atoms with Gasteiger partial charge in [0, 0.05) is 19.0 Å². The Bertz CT molecular complexity index is 690. The number of hydrogen-bond donors (Lipinski definition) is 1. The van der Waals surface area contributed by atoms with Gasteiger partial charge in [-0.15, -0.1) is 11.8 Å². The number of rotatable bonds is 5. The maximum absolute atomic E-state index is 9.44. The van der Waals surface area contributed by atoms with Crippen LogP contribution in [0.5, 0.6) is 0 Å². The second-order valence-corrected chi connectivity index (χ2v) is 5.59. The molecule has 1 fully saturated rings. The molecule has 1 aliphatic heterocycles. The summed E-state index contributed by atoms with van der Waals surface area (Å²) < 4.78 is 12.7. The van der Waals surface area contributed by atoms with E-state index >= 15 is 0 Å². The van der Waals surface area contributed by atoms with Crippen molar-refractivity contribution in [1.29, 1.82) is 5.26 Å². The summed E-state index contributed by atoms with van der Waals surface area (Å²) in [5.74, 6) is 0.664. The fourth-order valence-corrected chi connectivity index (χ4v) is 2.88. The van der Waals surface area contributed by atoms with E-state index in [1.807, 2.05) is 12.3 Å². The smallest absolute Gasteiger partial charge is 0.159 e. The number of nitrogens with zero attached hydrogens (tertiary/aromatic N) is 4. The molecule has 0 aromatic carbocycles. The Morgan fingerprint density at radius 1 is 1.50 bits per heavy atom. The molecule has 0 aliphatic carbocycles. The summed E-state index contributed by atoms with van der Waals surface area (Å²) >= 11 is 1.45. The Labute approximate surface area is 132 Å². The topological polar surface area (TPSA) is 84.5 Å². The second-order valence-electron chi connectivity index (χ2n) is 4.80. The lowest BCUT2D eigenvalue weighted by Crippen LogP contribution is -2.27. The molecule has 116 valence electrons. The highest BCUT2D eigenvalue weighted by atomic mass is 32.2. The van der Waals surface area contributed by atoms with E-state index < -0.39 is 0 Å². The fraction of sp³-hybridized carbons (Fsp3) is 0.500. The molecule has 1 aliphatic rings. The zero-order valence-corrected chi connectivity index (χ0v) is 13.1. The number of fused-ring (bicyclic) bond motifs is 1. The van der Waals surface area contributed by atoms with Gasteiger partial charge in [0.05, 0.1) is 19.4 Å². The first-order chi connectivity index (χ1) is 10.8. The summed E-state index contributed by atoms with van der Waals surface area (Å²) in [7, 11) is 0. The zero-order valence-electron chi connectivity index (χ0n) is 12.3. The molecule has 8 heteroatoms. The Balaban J connectivity index is 1.79. The highest BCUT2D eigenvalue weighted by molar-refractivity contribution is 7.98. The maximum atomic E-state index is 9.44. The van der Waals surface area contributed by atoms with Crippen LogP contribution < -0.4 is 5.32 Å². The largest absolute Gasteiger partial charge is 0.369 e. The molecule has 3 rings (SSSR count). The van der Waals surface area contributed by atoms with E-state index in [4.69, 9.17) is 9.47 Å². The minimum Gasteiger partial charge on any atom is -0.369 e. The summed E-state index contributed by atoms with van der Waals surface area (Å²) in [6.07, 6.45) is 5.06. The number of anilines is 1. The lowest BCUT2D eigenvalue weighted by molar-refractivity contribution is -0.179. The van der Waals surface area contributed by atoms with Crippen molar-refractivity contribution < 1.29 is 9.47 Å². The van der Waals surface area contributed by atoms with Crippen LogP contribution in [0.3, 0.4) is 0 Å². The van der Waals surface area contributed by atoms with E-state index in [2.05, 4.69) is 21.5 Å². The van der Waals surface area contributed by atoms with Crippen molar-refractivity contribution in [2.75, 3.05) is 31.3 Å². The van der Waals surface area contributed by atoms with Gasteiger partial charge in [0.25, 0.3) is 0 Å². The molecule has 1 saturated heterocycles. The van der Waals surface area contributed by atoms with Gasteiger partial charge in [-0.25, -0.2) is 4.98 Å². The summed E-state index contributed by atoms with van der Waals surface area (Å²) in [6.45, 7) is 2.11. The number of ether oxygens (including phenoxy) is 2. The molecule has 0 spiro atoms. The van der Waals surface area contributed by atoms with Crippen molar-refractivity contribution in [2.24, 2.45) is 0 Å². The SMILES string of the molecule is CSc1nc2ccnn2c(NCCC2OCCCO2)c1C#N. The standard InChI is InChI=1S/C14H17N5O2S/c1-22-14-10(9-15)13(19-11(18-14)3-6-17-19)16-5-4-12-20-7-2-8-21-12/h3,6,12,16H,2,4-5,7-8H2,1H3. The first-order valence-corrected chi connectivity index (χ1v) is 8.35. The summed E-state index contributed by atoms with van der Waals surface area (Å²) in [5.41, 5.74) is 1.23. The van der Waals surface area contributed by atoms with Gasteiger partial charge in [-0.05, 0) is 12.7 Å². The summed E-state index contributed by atoms with van der Waals surface area (Å²) in [5, 5.41) is 17.7. The summed E-state index contributed by atoms with van der Waals surface area (Å²) in [4.78, 5) is 4.43. The molecule has 22 heavy (non-hydrogen) atoms. The Morgan fingerprint density at radius 2 is 2.32 bits per heavy atom. The number of thioether (sulfide) groups is 1. The molecule has 0 amide bonds. The van der Waals surface area contributed by atoms with Crippen LogP contribution in [0.4, 0.5) is 5.82 Å². The van der Waals surface area contributed by atoms with E-state index in [-0.39, 0.29) is 6.29 Å². The van der Waals surface area contributed by atoms with E-state index in [0.29, 0.717) is 29.4 Å². The predicted octanol–water partition coefficient (Wildman–Crippen LogP) is 1.89. The van der Waals surface area contributed by atoms with Gasteiger partial charge < -0.3 is 14.8 Å². The van der Waals surface area contributed by atoms with Crippen molar-refractivity contribution >= 4 is 23.2 Å². The minimum absolute atomic E-state index is 0.179. The molecular weight excluding hydrogens is 302 g/mol. The zero-order chi connectivity index (χ0) is 15.4. The van der Waals surface area contributed by atoms with Gasteiger partial charge in [0.2, 0.25) is 0 Å². The van der Waals surface area contributed by atoms with Crippen LogP contribution in [0.2, 0.25) is 0 Å².